The van der Waals surface area contributed by atoms with Gasteiger partial charge < -0.3 is 5.73 Å². The lowest BCUT2D eigenvalue weighted by atomic mass is 9.64. The third-order valence-corrected chi connectivity index (χ3v) is 4.02. The van der Waals surface area contributed by atoms with Crippen molar-refractivity contribution in [2.24, 2.45) is 17.1 Å². The Hall–Kier alpha value is -1.39. The fraction of sp³-hybridized carbons (Fsp3) is 0.769. The van der Waals surface area contributed by atoms with Gasteiger partial charge in [-0.2, -0.15) is 0 Å². The Morgan fingerprint density at radius 1 is 1.22 bits per heavy atom. The zero-order chi connectivity index (χ0) is 13.8. The van der Waals surface area contributed by atoms with Crippen LogP contribution in [0.4, 0.5) is 0 Å². The first-order valence-corrected chi connectivity index (χ1v) is 6.47. The number of primary amides is 1. The van der Waals surface area contributed by atoms with Crippen molar-refractivity contribution in [2.45, 2.75) is 52.4 Å². The van der Waals surface area contributed by atoms with E-state index in [1.807, 2.05) is 0 Å². The van der Waals surface area contributed by atoms with Gasteiger partial charge in [-0.15, -0.1) is 0 Å². The highest BCUT2D eigenvalue weighted by Gasteiger charge is 2.41. The Balaban J connectivity index is 2.80. The number of amides is 3. The molecule has 18 heavy (non-hydrogen) atoms. The van der Waals surface area contributed by atoms with Crippen LogP contribution in [-0.2, 0) is 14.4 Å². The molecule has 1 atom stereocenters. The summed E-state index contributed by atoms with van der Waals surface area (Å²) < 4.78 is 0. The number of hydrogen-bond donors (Lipinski definition) is 2. The van der Waals surface area contributed by atoms with Crippen LogP contribution in [0.3, 0.4) is 0 Å². The zero-order valence-corrected chi connectivity index (χ0v) is 11.1. The monoisotopic (exact) mass is 254 g/mol. The van der Waals surface area contributed by atoms with Crippen LogP contribution in [0.25, 0.3) is 0 Å². The summed E-state index contributed by atoms with van der Waals surface area (Å²) >= 11 is 0. The number of rotatable bonds is 4. The van der Waals surface area contributed by atoms with Gasteiger partial charge in [0, 0.05) is 19.3 Å². The molecule has 5 nitrogen and oxygen atoms in total. The van der Waals surface area contributed by atoms with Crippen molar-refractivity contribution in [2.75, 3.05) is 0 Å². The number of imide groups is 1. The fourth-order valence-corrected chi connectivity index (χ4v) is 2.88. The predicted molar refractivity (Wildman–Crippen MR) is 67.3 cm³/mol. The van der Waals surface area contributed by atoms with Gasteiger partial charge in [-0.25, -0.2) is 0 Å². The van der Waals surface area contributed by atoms with Gasteiger partial charge in [0.1, 0.15) is 0 Å². The first kappa shape index (κ1) is 14.7. The predicted octanol–water partition coefficient (Wildman–Crippen LogP) is 1.11. The van der Waals surface area contributed by atoms with E-state index in [0.29, 0.717) is 0 Å². The minimum absolute atomic E-state index is 0.205. The van der Waals surface area contributed by atoms with Crippen LogP contribution in [0, 0.1) is 11.3 Å². The maximum Gasteiger partial charge on any atom is 0.227 e. The molecule has 1 saturated carbocycles. The highest BCUT2D eigenvalue weighted by atomic mass is 16.2. The van der Waals surface area contributed by atoms with Crippen molar-refractivity contribution >= 4 is 17.7 Å². The molecule has 1 aliphatic carbocycles. The number of hydrogen-bond acceptors (Lipinski definition) is 3. The Labute approximate surface area is 107 Å². The Kier molecular flexibility index (Phi) is 4.87. The quantitative estimate of drug-likeness (QED) is 0.787. The molecule has 0 saturated heterocycles. The van der Waals surface area contributed by atoms with Crippen molar-refractivity contribution in [3.8, 4) is 0 Å². The third-order valence-electron chi connectivity index (χ3n) is 4.02. The number of nitrogens with one attached hydrogen (secondary N) is 1. The van der Waals surface area contributed by atoms with Crippen molar-refractivity contribution in [3.63, 3.8) is 0 Å². The highest BCUT2D eigenvalue weighted by molar-refractivity contribution is 5.94. The first-order valence-electron chi connectivity index (χ1n) is 6.47. The van der Waals surface area contributed by atoms with E-state index in [1.54, 1.807) is 6.92 Å². The fourth-order valence-electron chi connectivity index (χ4n) is 2.88. The number of nitrogens with two attached hydrogens (primary N) is 1. The summed E-state index contributed by atoms with van der Waals surface area (Å²) in [5, 5.41) is 2.28. The molecule has 0 heterocycles. The van der Waals surface area contributed by atoms with Gasteiger partial charge in [0.15, 0.2) is 0 Å². The van der Waals surface area contributed by atoms with E-state index in [1.165, 1.54) is 6.92 Å². The van der Waals surface area contributed by atoms with Gasteiger partial charge in [-0.1, -0.05) is 26.2 Å². The van der Waals surface area contributed by atoms with E-state index in [0.717, 1.165) is 32.1 Å². The van der Waals surface area contributed by atoms with Crippen LogP contribution in [0.5, 0.6) is 0 Å². The number of carbonyl (C=O) groups excluding carboxylic acids is 3. The summed E-state index contributed by atoms with van der Waals surface area (Å²) in [5.41, 5.74) is 5.02. The lowest BCUT2D eigenvalue weighted by Crippen LogP contribution is -2.43. The summed E-state index contributed by atoms with van der Waals surface area (Å²) in [6.45, 7) is 3.09. The second-order valence-electron chi connectivity index (χ2n) is 5.33. The van der Waals surface area contributed by atoms with Gasteiger partial charge in [0.05, 0.1) is 0 Å². The molecule has 0 aromatic heterocycles. The lowest BCUT2D eigenvalue weighted by molar-refractivity contribution is -0.133. The molecule has 0 spiro atoms. The van der Waals surface area contributed by atoms with E-state index in [9.17, 15) is 14.4 Å². The molecule has 5 heteroatoms. The summed E-state index contributed by atoms with van der Waals surface area (Å²) in [6, 6.07) is 0. The molecule has 3 N–H and O–H groups in total. The van der Waals surface area contributed by atoms with Gasteiger partial charge in [0.25, 0.3) is 0 Å². The van der Waals surface area contributed by atoms with Crippen LogP contribution in [0.1, 0.15) is 52.4 Å². The summed E-state index contributed by atoms with van der Waals surface area (Å²) in [4.78, 5) is 34.1. The minimum atomic E-state index is -0.371. The number of carbonyl (C=O) groups is 3. The Morgan fingerprint density at radius 3 is 2.22 bits per heavy atom. The summed E-state index contributed by atoms with van der Waals surface area (Å²) in [6.07, 6.45) is 4.99. The zero-order valence-electron chi connectivity index (χ0n) is 11.1. The average molecular weight is 254 g/mol. The smallest absolute Gasteiger partial charge is 0.227 e. The van der Waals surface area contributed by atoms with E-state index in [4.69, 9.17) is 5.73 Å². The first-order chi connectivity index (χ1) is 8.37. The van der Waals surface area contributed by atoms with Crippen LogP contribution in [-0.4, -0.2) is 17.7 Å². The van der Waals surface area contributed by atoms with Crippen LogP contribution in [0.15, 0.2) is 0 Å². The van der Waals surface area contributed by atoms with Crippen molar-refractivity contribution in [1.82, 2.24) is 5.32 Å². The molecule has 1 rings (SSSR count). The largest absolute Gasteiger partial charge is 0.369 e. The molecule has 1 fully saturated rings. The van der Waals surface area contributed by atoms with E-state index < -0.39 is 0 Å². The summed E-state index contributed by atoms with van der Waals surface area (Å²) in [7, 11) is 0. The van der Waals surface area contributed by atoms with Crippen molar-refractivity contribution < 1.29 is 14.4 Å². The van der Waals surface area contributed by atoms with Crippen molar-refractivity contribution in [3.05, 3.63) is 0 Å². The van der Waals surface area contributed by atoms with E-state index in [-0.39, 0.29) is 35.5 Å². The molecule has 0 aromatic carbocycles. The molecule has 1 aliphatic rings. The molecule has 0 radical (unpaired) electrons. The molecular formula is C13H22N2O3. The van der Waals surface area contributed by atoms with Crippen LogP contribution in [0.2, 0.25) is 0 Å². The second-order valence-corrected chi connectivity index (χ2v) is 5.33. The minimum Gasteiger partial charge on any atom is -0.369 e. The lowest BCUT2D eigenvalue weighted by Gasteiger charge is -2.40. The average Bonchev–Trinajstić information content (AvgIpc) is 2.27. The molecule has 0 aliphatic heterocycles. The molecule has 0 bridgehead atoms. The SMILES string of the molecule is CC(=O)NC(=O)CC1(C(C)C(N)=O)CCCCC1. The second kappa shape index (κ2) is 5.98. The molecule has 1 unspecified atom stereocenters. The van der Waals surface area contributed by atoms with E-state index >= 15 is 0 Å². The molecular weight excluding hydrogens is 232 g/mol. The molecule has 3 amide bonds. The highest BCUT2D eigenvalue weighted by Crippen LogP contribution is 2.45. The normalized spacial score (nSPS) is 19.9. The maximum atomic E-state index is 11.8. The Morgan fingerprint density at radius 2 is 1.78 bits per heavy atom. The molecule has 102 valence electrons. The Bertz CT molecular complexity index is 346. The topological polar surface area (TPSA) is 89.3 Å². The standard InChI is InChI=1S/C13H22N2O3/c1-9(12(14)18)13(6-4-3-5-7-13)8-11(17)15-10(2)16/h9H,3-8H2,1-2H3,(H2,14,18)(H,15,16,17). The van der Waals surface area contributed by atoms with Gasteiger partial charge in [-0.05, 0) is 18.3 Å². The van der Waals surface area contributed by atoms with E-state index in [2.05, 4.69) is 5.32 Å². The maximum absolute atomic E-state index is 11.8. The third kappa shape index (κ3) is 3.55. The van der Waals surface area contributed by atoms with Gasteiger partial charge in [0.2, 0.25) is 17.7 Å². The van der Waals surface area contributed by atoms with Crippen LogP contribution >= 0.6 is 0 Å². The van der Waals surface area contributed by atoms with Crippen LogP contribution < -0.4 is 11.1 Å². The van der Waals surface area contributed by atoms with Gasteiger partial charge >= 0.3 is 0 Å². The molecule has 0 aromatic rings. The van der Waals surface area contributed by atoms with Crippen molar-refractivity contribution in [1.29, 1.82) is 0 Å². The summed E-state index contributed by atoms with van der Waals surface area (Å²) in [5.74, 6) is -1.38. The van der Waals surface area contributed by atoms with Gasteiger partial charge in [-0.3, -0.25) is 19.7 Å².